The number of aliphatic hydroxyl groups excluding tert-OH is 1. The number of hydrogen-bond acceptors (Lipinski definition) is 4. The summed E-state index contributed by atoms with van der Waals surface area (Å²) in [5.74, 6) is 1.04. The molecular weight excluding hydrogens is 365 g/mol. The van der Waals surface area contributed by atoms with Crippen LogP contribution in [0, 0.1) is 0 Å². The predicted molar refractivity (Wildman–Crippen MR) is 103 cm³/mol. The molecule has 142 valence electrons. The normalized spacial score (nSPS) is 13.5. The summed E-state index contributed by atoms with van der Waals surface area (Å²) in [5, 5.41) is 17.0. The van der Waals surface area contributed by atoms with Crippen LogP contribution >= 0.6 is 23.2 Å². The van der Waals surface area contributed by atoms with E-state index in [0.717, 1.165) is 0 Å². The minimum atomic E-state index is -0.741. The summed E-state index contributed by atoms with van der Waals surface area (Å²) in [6, 6.07) is 5.11. The molecule has 0 bridgehead atoms. The first kappa shape index (κ1) is 21.8. The standard InChI is InChI=1S/C17H27Cl2N3O3/c1-5-20-16(22-11-17(2,3)24-4)21-9-12(23)10-25-14-8-6-7-13(18)15(14)19/h6-8,12,23H,5,9-11H2,1-4H3,(H2,20,21,22). The second kappa shape index (κ2) is 10.7. The number of benzene rings is 1. The zero-order chi connectivity index (χ0) is 18.9. The number of aliphatic imine (C=N–C) groups is 1. The summed E-state index contributed by atoms with van der Waals surface area (Å²) in [7, 11) is 1.65. The van der Waals surface area contributed by atoms with Gasteiger partial charge in [-0.25, -0.2) is 0 Å². The molecule has 0 amide bonds. The largest absolute Gasteiger partial charge is 0.489 e. The van der Waals surface area contributed by atoms with Crippen LogP contribution in [-0.2, 0) is 4.74 Å². The number of guanidine groups is 1. The monoisotopic (exact) mass is 391 g/mol. The summed E-state index contributed by atoms with van der Waals surface area (Å²) in [6.07, 6.45) is -0.741. The van der Waals surface area contributed by atoms with Gasteiger partial charge in [0.2, 0.25) is 0 Å². The molecular formula is C17H27Cl2N3O3. The molecule has 0 fully saturated rings. The number of nitrogens with one attached hydrogen (secondary N) is 2. The molecule has 1 aromatic carbocycles. The van der Waals surface area contributed by atoms with Gasteiger partial charge in [0.15, 0.2) is 5.96 Å². The van der Waals surface area contributed by atoms with Gasteiger partial charge in [0.25, 0.3) is 0 Å². The molecule has 1 unspecified atom stereocenters. The molecule has 0 saturated heterocycles. The van der Waals surface area contributed by atoms with Gasteiger partial charge in [0, 0.05) is 20.2 Å². The zero-order valence-electron chi connectivity index (χ0n) is 15.1. The Balaban J connectivity index is 2.50. The van der Waals surface area contributed by atoms with Crippen molar-refractivity contribution in [3.05, 3.63) is 28.2 Å². The third-order valence-electron chi connectivity index (χ3n) is 3.37. The first-order chi connectivity index (χ1) is 11.8. The molecule has 1 atom stereocenters. The number of halogens is 2. The van der Waals surface area contributed by atoms with E-state index in [1.165, 1.54) is 0 Å². The Kier molecular flexibility index (Phi) is 9.35. The second-order valence-corrected chi connectivity index (χ2v) is 6.84. The van der Waals surface area contributed by atoms with Crippen molar-refractivity contribution in [1.82, 2.24) is 10.6 Å². The molecule has 3 N–H and O–H groups in total. The van der Waals surface area contributed by atoms with Gasteiger partial charge in [-0.2, -0.15) is 0 Å². The van der Waals surface area contributed by atoms with Crippen LogP contribution in [0.5, 0.6) is 5.75 Å². The smallest absolute Gasteiger partial charge is 0.191 e. The van der Waals surface area contributed by atoms with Crippen molar-refractivity contribution in [2.75, 3.05) is 33.4 Å². The maximum Gasteiger partial charge on any atom is 0.191 e. The Labute approximate surface area is 159 Å². The van der Waals surface area contributed by atoms with Crippen molar-refractivity contribution in [2.24, 2.45) is 4.99 Å². The fourth-order valence-electron chi connectivity index (χ4n) is 1.73. The van der Waals surface area contributed by atoms with Gasteiger partial charge < -0.3 is 25.2 Å². The molecule has 0 spiro atoms. The van der Waals surface area contributed by atoms with E-state index in [2.05, 4.69) is 15.6 Å². The summed E-state index contributed by atoms with van der Waals surface area (Å²) >= 11 is 12.0. The molecule has 0 saturated carbocycles. The summed E-state index contributed by atoms with van der Waals surface area (Å²) in [6.45, 7) is 7.44. The number of nitrogens with zero attached hydrogens (tertiary/aromatic N) is 1. The highest BCUT2D eigenvalue weighted by atomic mass is 35.5. The van der Waals surface area contributed by atoms with Crippen LogP contribution < -0.4 is 15.4 Å². The quantitative estimate of drug-likeness (QED) is 0.445. The average Bonchev–Trinajstić information content (AvgIpc) is 2.58. The molecule has 25 heavy (non-hydrogen) atoms. The molecule has 0 aromatic heterocycles. The highest BCUT2D eigenvalue weighted by molar-refractivity contribution is 6.42. The number of methoxy groups -OCH3 is 1. The highest BCUT2D eigenvalue weighted by Gasteiger charge is 2.16. The topological polar surface area (TPSA) is 75.1 Å². The summed E-state index contributed by atoms with van der Waals surface area (Å²) in [4.78, 5) is 4.45. The molecule has 0 heterocycles. The van der Waals surface area contributed by atoms with Crippen molar-refractivity contribution in [3.63, 3.8) is 0 Å². The predicted octanol–water partition coefficient (Wildman–Crippen LogP) is 2.71. The molecule has 0 aliphatic heterocycles. The molecule has 0 radical (unpaired) electrons. The Morgan fingerprint density at radius 3 is 2.68 bits per heavy atom. The number of rotatable bonds is 9. The van der Waals surface area contributed by atoms with E-state index in [-0.39, 0.29) is 18.8 Å². The Hall–Kier alpha value is -1.21. The van der Waals surface area contributed by atoms with Crippen LogP contribution in [0.25, 0.3) is 0 Å². The Morgan fingerprint density at radius 2 is 2.04 bits per heavy atom. The number of ether oxygens (including phenoxy) is 2. The lowest BCUT2D eigenvalue weighted by molar-refractivity contribution is 0.0310. The van der Waals surface area contributed by atoms with Gasteiger partial charge in [-0.3, -0.25) is 4.99 Å². The minimum Gasteiger partial charge on any atom is -0.489 e. The van der Waals surface area contributed by atoms with E-state index in [1.807, 2.05) is 20.8 Å². The molecule has 0 aliphatic carbocycles. The van der Waals surface area contributed by atoms with Crippen molar-refractivity contribution < 1.29 is 14.6 Å². The van der Waals surface area contributed by atoms with Gasteiger partial charge in [-0.15, -0.1) is 0 Å². The van der Waals surface area contributed by atoms with Crippen LogP contribution in [-0.4, -0.2) is 56.1 Å². The minimum absolute atomic E-state index is 0.0794. The zero-order valence-corrected chi connectivity index (χ0v) is 16.6. The summed E-state index contributed by atoms with van der Waals surface area (Å²) < 4.78 is 10.9. The maximum atomic E-state index is 10.1. The van der Waals surface area contributed by atoms with Gasteiger partial charge in [0.1, 0.15) is 23.5 Å². The lowest BCUT2D eigenvalue weighted by Gasteiger charge is -2.22. The fraction of sp³-hybridized carbons (Fsp3) is 0.588. The third-order valence-corrected chi connectivity index (χ3v) is 4.17. The lowest BCUT2D eigenvalue weighted by Crippen LogP contribution is -2.43. The van der Waals surface area contributed by atoms with Gasteiger partial charge >= 0.3 is 0 Å². The van der Waals surface area contributed by atoms with E-state index >= 15 is 0 Å². The van der Waals surface area contributed by atoms with Crippen molar-refractivity contribution in [1.29, 1.82) is 0 Å². The molecule has 8 heteroatoms. The van der Waals surface area contributed by atoms with E-state index in [4.69, 9.17) is 32.7 Å². The molecule has 6 nitrogen and oxygen atoms in total. The van der Waals surface area contributed by atoms with Crippen LogP contribution in [0.4, 0.5) is 0 Å². The van der Waals surface area contributed by atoms with Gasteiger partial charge in [-0.05, 0) is 32.9 Å². The summed E-state index contributed by atoms with van der Waals surface area (Å²) in [5.41, 5.74) is -0.354. The number of hydrogen-bond donors (Lipinski definition) is 3. The van der Waals surface area contributed by atoms with Crippen LogP contribution in [0.1, 0.15) is 20.8 Å². The molecule has 1 rings (SSSR count). The SMILES string of the molecule is CCNC(=NCC(C)(C)OC)NCC(O)COc1cccc(Cl)c1Cl. The van der Waals surface area contributed by atoms with Crippen LogP contribution in [0.3, 0.4) is 0 Å². The van der Waals surface area contributed by atoms with Crippen molar-refractivity contribution in [3.8, 4) is 5.75 Å². The first-order valence-electron chi connectivity index (χ1n) is 8.11. The second-order valence-electron chi connectivity index (χ2n) is 6.06. The van der Waals surface area contributed by atoms with Gasteiger partial charge in [0.05, 0.1) is 17.2 Å². The Morgan fingerprint density at radius 1 is 1.32 bits per heavy atom. The van der Waals surface area contributed by atoms with E-state index in [1.54, 1.807) is 25.3 Å². The van der Waals surface area contributed by atoms with Crippen LogP contribution in [0.2, 0.25) is 10.0 Å². The lowest BCUT2D eigenvalue weighted by atomic mass is 10.1. The van der Waals surface area contributed by atoms with Crippen LogP contribution in [0.15, 0.2) is 23.2 Å². The van der Waals surface area contributed by atoms with E-state index in [9.17, 15) is 5.11 Å². The molecule has 0 aliphatic rings. The van der Waals surface area contributed by atoms with E-state index in [0.29, 0.717) is 34.8 Å². The third kappa shape index (κ3) is 8.14. The fourth-order valence-corrected chi connectivity index (χ4v) is 2.08. The average molecular weight is 392 g/mol. The van der Waals surface area contributed by atoms with E-state index < -0.39 is 6.10 Å². The maximum absolute atomic E-state index is 10.1. The number of aliphatic hydroxyl groups is 1. The van der Waals surface area contributed by atoms with Crippen molar-refractivity contribution in [2.45, 2.75) is 32.5 Å². The molecule has 1 aromatic rings. The van der Waals surface area contributed by atoms with Crippen molar-refractivity contribution >= 4 is 29.2 Å². The highest BCUT2D eigenvalue weighted by Crippen LogP contribution is 2.31. The first-order valence-corrected chi connectivity index (χ1v) is 8.87. The Bertz CT molecular complexity index is 568. The van der Waals surface area contributed by atoms with Gasteiger partial charge in [-0.1, -0.05) is 29.3 Å².